The van der Waals surface area contributed by atoms with Crippen molar-refractivity contribution in [3.05, 3.63) is 18.1 Å². The van der Waals surface area contributed by atoms with Crippen LogP contribution in [-0.4, -0.2) is 58.3 Å². The number of ether oxygens (including phenoxy) is 2. The number of methoxy groups -OCH3 is 1. The minimum Gasteiger partial charge on any atom is -1.00 e. The van der Waals surface area contributed by atoms with E-state index < -0.39 is 5.97 Å². The quantitative estimate of drug-likeness (QED) is 0.636. The van der Waals surface area contributed by atoms with Gasteiger partial charge in [0.05, 0.1) is 7.11 Å². The number of aromatic nitrogens is 2. The number of piperidine rings is 1. The van der Waals surface area contributed by atoms with Crippen molar-refractivity contribution in [3.63, 3.8) is 0 Å². The summed E-state index contributed by atoms with van der Waals surface area (Å²) in [6.45, 7) is 1.07. The average Bonchev–Trinajstić information content (AvgIpc) is 2.47. The molecule has 1 fully saturated rings. The van der Waals surface area contributed by atoms with E-state index in [4.69, 9.17) is 9.84 Å². The van der Waals surface area contributed by atoms with E-state index in [1.807, 2.05) is 0 Å². The fourth-order valence-electron chi connectivity index (χ4n) is 1.98. The van der Waals surface area contributed by atoms with Crippen LogP contribution in [0.5, 0.6) is 5.88 Å². The molecular formula is C12H16LiN3O5. The second-order valence-corrected chi connectivity index (χ2v) is 4.32. The number of amides is 1. The van der Waals surface area contributed by atoms with Gasteiger partial charge in [-0.25, -0.2) is 19.6 Å². The molecule has 1 aliphatic heterocycles. The Morgan fingerprint density at radius 1 is 1.38 bits per heavy atom. The molecular weight excluding hydrogens is 273 g/mol. The van der Waals surface area contributed by atoms with Crippen molar-refractivity contribution in [2.45, 2.75) is 18.9 Å². The van der Waals surface area contributed by atoms with Crippen molar-refractivity contribution < 1.29 is 44.5 Å². The molecule has 1 aromatic heterocycles. The first-order chi connectivity index (χ1) is 9.60. The van der Waals surface area contributed by atoms with Gasteiger partial charge in [-0.05, 0) is 0 Å². The number of hydrogen-bond acceptors (Lipinski definition) is 6. The molecule has 2 heterocycles. The second-order valence-electron chi connectivity index (χ2n) is 4.32. The fourth-order valence-corrected chi connectivity index (χ4v) is 1.98. The van der Waals surface area contributed by atoms with Crippen molar-refractivity contribution in [2.24, 2.45) is 0 Å². The van der Waals surface area contributed by atoms with Crippen LogP contribution in [0.25, 0.3) is 0 Å². The van der Waals surface area contributed by atoms with Gasteiger partial charge in [0.15, 0.2) is 5.69 Å². The molecule has 9 heteroatoms. The number of carboxylic acids is 1. The molecule has 0 spiro atoms. The molecule has 110 valence electrons. The summed E-state index contributed by atoms with van der Waals surface area (Å²) in [6.07, 6.45) is 1.98. The zero-order valence-corrected chi connectivity index (χ0v) is 12.0. The van der Waals surface area contributed by atoms with E-state index in [1.165, 1.54) is 13.2 Å². The van der Waals surface area contributed by atoms with Crippen LogP contribution >= 0.6 is 0 Å². The van der Waals surface area contributed by atoms with Crippen LogP contribution in [0.1, 0.15) is 24.8 Å². The van der Waals surface area contributed by atoms with Crippen molar-refractivity contribution in [1.29, 1.82) is 0 Å². The van der Waals surface area contributed by atoms with E-state index in [9.17, 15) is 9.59 Å². The molecule has 0 unspecified atom stereocenters. The number of aromatic carboxylic acids is 1. The van der Waals surface area contributed by atoms with Gasteiger partial charge in [-0.1, -0.05) is 0 Å². The predicted molar refractivity (Wildman–Crippen MR) is 67.7 cm³/mol. The smallest absolute Gasteiger partial charge is 1.00 e. The number of carbonyl (C=O) groups excluding carboxylic acids is 1. The first-order valence-electron chi connectivity index (χ1n) is 6.15. The Morgan fingerprint density at radius 3 is 2.62 bits per heavy atom. The Kier molecular flexibility index (Phi) is 6.46. The molecule has 0 aliphatic carbocycles. The number of hydrogen-bond donors (Lipinski definition) is 1. The zero-order chi connectivity index (χ0) is 14.5. The van der Waals surface area contributed by atoms with Crippen LogP contribution in [0, 0.1) is 0 Å². The summed E-state index contributed by atoms with van der Waals surface area (Å²) >= 11 is 0. The van der Waals surface area contributed by atoms with E-state index in [-0.39, 0.29) is 44.1 Å². The Morgan fingerprint density at radius 2 is 2.05 bits per heavy atom. The molecule has 1 aromatic rings. The first kappa shape index (κ1) is 17.3. The number of carbonyl (C=O) groups is 2. The van der Waals surface area contributed by atoms with Gasteiger partial charge in [-0.3, -0.25) is 0 Å². The monoisotopic (exact) mass is 289 g/mol. The van der Waals surface area contributed by atoms with Crippen molar-refractivity contribution in [1.82, 2.24) is 14.9 Å². The molecule has 0 aromatic carbocycles. The van der Waals surface area contributed by atoms with Crippen LogP contribution < -0.4 is 23.6 Å². The summed E-state index contributed by atoms with van der Waals surface area (Å²) in [5.74, 6) is -0.897. The number of likely N-dealkylation sites (tertiary alicyclic amines) is 1. The number of carboxylic acid groups (broad SMARTS) is 1. The SMILES string of the molecule is COC(=O)N1CCC(Oc2cc(C(=O)O)ncn2)CC1.[H-].[Li+]. The van der Waals surface area contributed by atoms with Crippen LogP contribution in [-0.2, 0) is 4.74 Å². The van der Waals surface area contributed by atoms with Crippen LogP contribution in [0.3, 0.4) is 0 Å². The number of nitrogens with zero attached hydrogens (tertiary/aromatic N) is 3. The van der Waals surface area contributed by atoms with E-state index in [2.05, 4.69) is 14.7 Å². The Hall–Kier alpha value is -1.78. The largest absolute Gasteiger partial charge is 1.00 e. The molecule has 0 atom stereocenters. The van der Waals surface area contributed by atoms with Crippen LogP contribution in [0.4, 0.5) is 4.79 Å². The maximum atomic E-state index is 11.3. The summed E-state index contributed by atoms with van der Waals surface area (Å²) in [4.78, 5) is 31.2. The third-order valence-electron chi connectivity index (χ3n) is 3.02. The summed E-state index contributed by atoms with van der Waals surface area (Å²) < 4.78 is 10.3. The minimum atomic E-state index is -1.13. The van der Waals surface area contributed by atoms with Gasteiger partial charge in [0.25, 0.3) is 0 Å². The molecule has 1 saturated heterocycles. The Bertz CT molecular complexity index is 511. The average molecular weight is 289 g/mol. The first-order valence-corrected chi connectivity index (χ1v) is 6.15. The summed E-state index contributed by atoms with van der Waals surface area (Å²) in [7, 11) is 1.35. The van der Waals surface area contributed by atoms with Gasteiger partial charge < -0.3 is 20.9 Å². The summed E-state index contributed by atoms with van der Waals surface area (Å²) in [5, 5.41) is 8.83. The third-order valence-corrected chi connectivity index (χ3v) is 3.02. The minimum absolute atomic E-state index is 0. The third kappa shape index (κ3) is 4.62. The fraction of sp³-hybridized carbons (Fsp3) is 0.500. The van der Waals surface area contributed by atoms with Crippen molar-refractivity contribution in [2.75, 3.05) is 20.2 Å². The topological polar surface area (TPSA) is 102 Å². The molecule has 1 amide bonds. The van der Waals surface area contributed by atoms with E-state index in [0.717, 1.165) is 6.33 Å². The van der Waals surface area contributed by atoms with E-state index in [1.54, 1.807) is 4.90 Å². The van der Waals surface area contributed by atoms with Crippen molar-refractivity contribution >= 4 is 12.1 Å². The standard InChI is InChI=1S/C12H15N3O5.Li.H/c1-19-12(18)15-4-2-8(3-5-15)20-10-6-9(11(16)17)13-7-14-10;;/h6-8H,2-5H2,1H3,(H,16,17);;/q;+1;-1. The molecule has 1 aliphatic rings. The normalized spacial score (nSPS) is 15.0. The molecule has 2 rings (SSSR count). The number of rotatable bonds is 3. The zero-order valence-electron chi connectivity index (χ0n) is 13.0. The molecule has 0 saturated carbocycles. The molecule has 0 radical (unpaired) electrons. The maximum Gasteiger partial charge on any atom is 1.00 e. The van der Waals surface area contributed by atoms with Gasteiger partial charge in [0, 0.05) is 32.0 Å². The van der Waals surface area contributed by atoms with Gasteiger partial charge in [-0.2, -0.15) is 0 Å². The Balaban J connectivity index is 0.00000220. The van der Waals surface area contributed by atoms with Crippen molar-refractivity contribution in [3.8, 4) is 5.88 Å². The van der Waals surface area contributed by atoms with Crippen LogP contribution in [0.15, 0.2) is 12.4 Å². The van der Waals surface area contributed by atoms with Crippen LogP contribution in [0.2, 0.25) is 0 Å². The van der Waals surface area contributed by atoms with E-state index in [0.29, 0.717) is 25.9 Å². The molecule has 1 N–H and O–H groups in total. The summed E-state index contributed by atoms with van der Waals surface area (Å²) in [6, 6.07) is 1.29. The molecule has 21 heavy (non-hydrogen) atoms. The van der Waals surface area contributed by atoms with Gasteiger partial charge in [0.1, 0.15) is 12.4 Å². The predicted octanol–water partition coefficient (Wildman–Crippen LogP) is -2.10. The molecule has 8 nitrogen and oxygen atoms in total. The second kappa shape index (κ2) is 7.86. The maximum absolute atomic E-state index is 11.3. The summed E-state index contributed by atoms with van der Waals surface area (Å²) in [5.41, 5.74) is -0.109. The molecule has 0 bridgehead atoms. The Labute approximate surface area is 135 Å². The van der Waals surface area contributed by atoms with Gasteiger partial charge in [0.2, 0.25) is 5.88 Å². The van der Waals surface area contributed by atoms with E-state index >= 15 is 0 Å². The van der Waals surface area contributed by atoms with Gasteiger partial charge >= 0.3 is 30.9 Å². The van der Waals surface area contributed by atoms with Gasteiger partial charge in [-0.15, -0.1) is 0 Å².